The van der Waals surface area contributed by atoms with Gasteiger partial charge in [0, 0.05) is 10.6 Å². The molecule has 1 unspecified atom stereocenters. The fraction of sp³-hybridized carbons (Fsp3) is 0.211. The van der Waals surface area contributed by atoms with Crippen molar-refractivity contribution in [3.8, 4) is 11.4 Å². The number of nitrogens with one attached hydrogen (secondary N) is 2. The first-order valence-corrected chi connectivity index (χ1v) is 8.74. The summed E-state index contributed by atoms with van der Waals surface area (Å²) in [4.78, 5) is 16.7. The number of aromatic amines is 1. The lowest BCUT2D eigenvalue weighted by Gasteiger charge is -2.25. The summed E-state index contributed by atoms with van der Waals surface area (Å²) in [6.07, 6.45) is 0.858. The number of carbonyl (C=O) groups is 1. The van der Waals surface area contributed by atoms with E-state index in [-0.39, 0.29) is 24.4 Å². The summed E-state index contributed by atoms with van der Waals surface area (Å²) < 4.78 is 5.78. The molecule has 1 aliphatic heterocycles. The topological polar surface area (TPSA) is 79.9 Å². The van der Waals surface area contributed by atoms with Crippen molar-refractivity contribution in [1.82, 2.24) is 15.2 Å². The van der Waals surface area contributed by atoms with Crippen LogP contribution in [0.15, 0.2) is 48.5 Å². The van der Waals surface area contributed by atoms with Gasteiger partial charge in [-0.25, -0.2) is 0 Å². The summed E-state index contributed by atoms with van der Waals surface area (Å²) in [5, 5.41) is 10.2. The highest BCUT2D eigenvalue weighted by Crippen LogP contribution is 2.29. The molecule has 1 aromatic heterocycles. The summed E-state index contributed by atoms with van der Waals surface area (Å²) in [7, 11) is 0. The molecule has 0 bridgehead atoms. The van der Waals surface area contributed by atoms with Gasteiger partial charge in [0.25, 0.3) is 0 Å². The number of rotatable bonds is 4. The Labute approximate surface area is 155 Å². The van der Waals surface area contributed by atoms with Crippen LogP contribution in [0.25, 0.3) is 11.4 Å². The zero-order valence-electron chi connectivity index (χ0n) is 13.9. The van der Waals surface area contributed by atoms with E-state index < -0.39 is 0 Å². The Morgan fingerprint density at radius 3 is 2.88 bits per heavy atom. The zero-order valence-corrected chi connectivity index (χ0v) is 14.7. The average Bonchev–Trinajstić information content (AvgIpc) is 3.11. The summed E-state index contributed by atoms with van der Waals surface area (Å²) >= 11 is 5.89. The molecular formula is C19H17ClN4O2. The molecule has 26 heavy (non-hydrogen) atoms. The second-order valence-corrected chi connectivity index (χ2v) is 6.51. The van der Waals surface area contributed by atoms with Gasteiger partial charge in [-0.15, -0.1) is 5.10 Å². The predicted molar refractivity (Wildman–Crippen MR) is 98.9 cm³/mol. The first kappa shape index (κ1) is 16.8. The van der Waals surface area contributed by atoms with Gasteiger partial charge in [0.1, 0.15) is 0 Å². The van der Waals surface area contributed by atoms with Crippen LogP contribution < -0.4 is 5.32 Å². The van der Waals surface area contributed by atoms with Crippen molar-refractivity contribution in [3.63, 3.8) is 0 Å². The largest absolute Gasteiger partial charge is 0.373 e. The van der Waals surface area contributed by atoms with Gasteiger partial charge in [-0.05, 0) is 41.8 Å². The lowest BCUT2D eigenvalue weighted by atomic mass is 9.96. The second kappa shape index (κ2) is 7.27. The van der Waals surface area contributed by atoms with Crippen molar-refractivity contribution in [2.75, 3.05) is 11.9 Å². The second-order valence-electron chi connectivity index (χ2n) is 6.08. The quantitative estimate of drug-likeness (QED) is 0.734. The maximum absolute atomic E-state index is 12.4. The molecule has 132 valence electrons. The predicted octanol–water partition coefficient (Wildman–Crippen LogP) is 3.77. The summed E-state index contributed by atoms with van der Waals surface area (Å²) in [5.74, 6) is 0.619. The average molecular weight is 369 g/mol. The molecule has 0 spiro atoms. The SMILES string of the molecule is O=C(CC1OCCc2ccccc21)Nc1n[nH]c(-c2ccc(Cl)cc2)n1. The van der Waals surface area contributed by atoms with Crippen LogP contribution in [0.3, 0.4) is 0 Å². The number of H-pyrrole nitrogens is 1. The number of anilines is 1. The number of benzene rings is 2. The minimum Gasteiger partial charge on any atom is -0.373 e. The first-order chi connectivity index (χ1) is 12.7. The molecule has 0 radical (unpaired) electrons. The fourth-order valence-electron chi connectivity index (χ4n) is 3.04. The van der Waals surface area contributed by atoms with Crippen LogP contribution in [0.1, 0.15) is 23.7 Å². The van der Waals surface area contributed by atoms with E-state index in [1.807, 2.05) is 30.3 Å². The van der Waals surface area contributed by atoms with E-state index in [1.54, 1.807) is 12.1 Å². The van der Waals surface area contributed by atoms with Crippen molar-refractivity contribution >= 4 is 23.5 Å². The molecule has 4 rings (SSSR count). The zero-order chi connectivity index (χ0) is 17.9. The van der Waals surface area contributed by atoms with Gasteiger partial charge in [0.15, 0.2) is 5.82 Å². The number of ether oxygens (including phenoxy) is 1. The highest BCUT2D eigenvalue weighted by atomic mass is 35.5. The molecule has 3 aromatic rings. The number of halogens is 1. The summed E-state index contributed by atoms with van der Waals surface area (Å²) in [5.41, 5.74) is 3.15. The first-order valence-electron chi connectivity index (χ1n) is 8.36. The number of hydrogen-bond acceptors (Lipinski definition) is 4. The Kier molecular flexibility index (Phi) is 4.69. The molecule has 1 amide bonds. The minimum absolute atomic E-state index is 0.187. The van der Waals surface area contributed by atoms with Crippen molar-refractivity contribution in [2.24, 2.45) is 0 Å². The van der Waals surface area contributed by atoms with Crippen LogP contribution in [0.4, 0.5) is 5.95 Å². The van der Waals surface area contributed by atoms with Gasteiger partial charge >= 0.3 is 0 Å². The number of carbonyl (C=O) groups excluding carboxylic acids is 1. The van der Waals surface area contributed by atoms with Gasteiger partial charge in [-0.1, -0.05) is 35.9 Å². The van der Waals surface area contributed by atoms with E-state index in [1.165, 1.54) is 5.56 Å². The molecule has 1 aliphatic rings. The van der Waals surface area contributed by atoms with Gasteiger partial charge in [-0.3, -0.25) is 15.2 Å². The summed E-state index contributed by atoms with van der Waals surface area (Å²) in [6, 6.07) is 15.3. The Morgan fingerprint density at radius 1 is 1.23 bits per heavy atom. The normalized spacial score (nSPS) is 16.1. The third kappa shape index (κ3) is 3.61. The fourth-order valence-corrected chi connectivity index (χ4v) is 3.17. The van der Waals surface area contributed by atoms with Crippen molar-refractivity contribution < 1.29 is 9.53 Å². The Hall–Kier alpha value is -2.70. The number of aromatic nitrogens is 3. The Bertz CT molecular complexity index is 923. The van der Waals surface area contributed by atoms with Crippen LogP contribution in [-0.2, 0) is 16.0 Å². The molecule has 0 saturated carbocycles. The lowest BCUT2D eigenvalue weighted by Crippen LogP contribution is -2.22. The molecule has 6 nitrogen and oxygen atoms in total. The number of fused-ring (bicyclic) bond motifs is 1. The molecule has 2 heterocycles. The smallest absolute Gasteiger partial charge is 0.249 e. The maximum Gasteiger partial charge on any atom is 0.249 e. The van der Waals surface area contributed by atoms with E-state index in [9.17, 15) is 4.79 Å². The molecule has 2 N–H and O–H groups in total. The molecular weight excluding hydrogens is 352 g/mol. The Morgan fingerprint density at radius 2 is 2.04 bits per heavy atom. The monoisotopic (exact) mass is 368 g/mol. The lowest BCUT2D eigenvalue weighted by molar-refractivity contribution is -0.119. The third-order valence-corrected chi connectivity index (χ3v) is 4.57. The van der Waals surface area contributed by atoms with Crippen LogP contribution in [-0.4, -0.2) is 27.7 Å². The number of nitrogens with zero attached hydrogens (tertiary/aromatic N) is 2. The molecule has 0 saturated heterocycles. The van der Waals surface area contributed by atoms with Gasteiger partial charge in [0.2, 0.25) is 11.9 Å². The third-order valence-electron chi connectivity index (χ3n) is 4.32. The molecule has 1 atom stereocenters. The molecule has 0 aliphatic carbocycles. The van der Waals surface area contributed by atoms with E-state index >= 15 is 0 Å². The maximum atomic E-state index is 12.4. The van der Waals surface area contributed by atoms with E-state index in [4.69, 9.17) is 16.3 Å². The standard InChI is InChI=1S/C19H17ClN4O2/c20-14-7-5-13(6-8-14)18-22-19(24-23-18)21-17(25)11-16-15-4-2-1-3-12(15)9-10-26-16/h1-8,16H,9-11H2,(H2,21,22,23,24,25). The van der Waals surface area contributed by atoms with Crippen molar-refractivity contribution in [1.29, 1.82) is 0 Å². The van der Waals surface area contributed by atoms with Crippen LogP contribution in [0.5, 0.6) is 0 Å². The van der Waals surface area contributed by atoms with Crippen molar-refractivity contribution in [3.05, 3.63) is 64.7 Å². The highest BCUT2D eigenvalue weighted by Gasteiger charge is 2.23. The number of amides is 1. The van der Waals surface area contributed by atoms with Crippen molar-refractivity contribution in [2.45, 2.75) is 18.9 Å². The molecule has 0 fully saturated rings. The Balaban J connectivity index is 1.42. The summed E-state index contributed by atoms with van der Waals surface area (Å²) in [6.45, 7) is 0.621. The minimum atomic E-state index is -0.241. The highest BCUT2D eigenvalue weighted by molar-refractivity contribution is 6.30. The van der Waals surface area contributed by atoms with Crippen LogP contribution in [0, 0.1) is 0 Å². The van der Waals surface area contributed by atoms with Crippen LogP contribution >= 0.6 is 11.6 Å². The molecule has 2 aromatic carbocycles. The van der Waals surface area contributed by atoms with E-state index in [0.717, 1.165) is 17.5 Å². The van der Waals surface area contributed by atoms with Gasteiger partial charge < -0.3 is 4.74 Å². The number of hydrogen-bond donors (Lipinski definition) is 2. The van der Waals surface area contributed by atoms with Gasteiger partial charge in [0.05, 0.1) is 19.1 Å². The van der Waals surface area contributed by atoms with Gasteiger partial charge in [-0.2, -0.15) is 4.98 Å². The van der Waals surface area contributed by atoms with Crippen LogP contribution in [0.2, 0.25) is 5.02 Å². The van der Waals surface area contributed by atoms with E-state index in [0.29, 0.717) is 17.5 Å². The van der Waals surface area contributed by atoms with E-state index in [2.05, 4.69) is 26.6 Å². The molecule has 7 heteroatoms.